The van der Waals surface area contributed by atoms with Crippen LogP contribution in [-0.2, 0) is 19.6 Å². The number of hydrogen-bond acceptors (Lipinski definition) is 7. The zero-order valence-corrected chi connectivity index (χ0v) is 25.1. The zero-order valence-electron chi connectivity index (χ0n) is 22.7. The van der Waals surface area contributed by atoms with E-state index in [-0.39, 0.29) is 46.2 Å². The highest BCUT2D eigenvalue weighted by molar-refractivity contribution is 7.92. The van der Waals surface area contributed by atoms with Crippen molar-refractivity contribution in [3.8, 4) is 17.2 Å². The summed E-state index contributed by atoms with van der Waals surface area (Å²) in [5.74, 6) is -0.609. The number of carbonyl (C=O) groups excluding carboxylic acids is 2. The molecule has 43 heavy (non-hydrogen) atoms. The average Bonchev–Trinajstić information content (AvgIpc) is 2.95. The van der Waals surface area contributed by atoms with Gasteiger partial charge in [-0.1, -0.05) is 23.2 Å². The van der Waals surface area contributed by atoms with Crippen LogP contribution in [-0.4, -0.2) is 57.7 Å². The van der Waals surface area contributed by atoms with Crippen molar-refractivity contribution in [1.82, 2.24) is 10.6 Å². The van der Waals surface area contributed by atoms with Crippen LogP contribution in [0.3, 0.4) is 0 Å². The lowest BCUT2D eigenvalue weighted by atomic mass is 9.44. The zero-order chi connectivity index (χ0) is 30.6. The second-order valence-electron chi connectivity index (χ2n) is 10.9. The number of anilines is 1. The Bertz CT molecular complexity index is 1700. The van der Waals surface area contributed by atoms with Gasteiger partial charge in [0.1, 0.15) is 23.1 Å². The highest BCUT2D eigenvalue weighted by Gasteiger charge is 2.69. The van der Waals surface area contributed by atoms with Gasteiger partial charge in [0.15, 0.2) is 12.7 Å². The van der Waals surface area contributed by atoms with E-state index < -0.39 is 38.9 Å². The van der Waals surface area contributed by atoms with Crippen molar-refractivity contribution in [2.75, 3.05) is 24.6 Å². The molecule has 7 rings (SSSR count). The van der Waals surface area contributed by atoms with Crippen molar-refractivity contribution >= 4 is 50.7 Å². The Kier molecular flexibility index (Phi) is 7.34. The molecule has 3 aliphatic carbocycles. The highest BCUT2D eigenvalue weighted by Crippen LogP contribution is 2.60. The second kappa shape index (κ2) is 10.8. The molecule has 14 heteroatoms. The van der Waals surface area contributed by atoms with Gasteiger partial charge in [-0.05, 0) is 73.9 Å². The van der Waals surface area contributed by atoms with Crippen molar-refractivity contribution < 1.29 is 36.6 Å². The summed E-state index contributed by atoms with van der Waals surface area (Å²) in [6, 6.07) is 14.4. The molecule has 226 valence electrons. The maximum Gasteiger partial charge on any atom is 0.264 e. The number of hydrogen-bond donors (Lipinski definition) is 2. The molecule has 1 unspecified atom stereocenters. The van der Waals surface area contributed by atoms with Crippen LogP contribution in [0.25, 0.3) is 0 Å². The Morgan fingerprint density at radius 2 is 1.67 bits per heavy atom. The van der Waals surface area contributed by atoms with Crippen molar-refractivity contribution in [3.63, 3.8) is 0 Å². The van der Waals surface area contributed by atoms with Crippen molar-refractivity contribution in [2.45, 2.75) is 41.3 Å². The summed E-state index contributed by atoms with van der Waals surface area (Å²) >= 11 is 11.8. The summed E-state index contributed by atoms with van der Waals surface area (Å²) in [6.45, 7) is -0.575. The fraction of sp³-hybridized carbons (Fsp3) is 0.310. The molecule has 2 bridgehead atoms. The molecule has 0 saturated heterocycles. The monoisotopic (exact) mass is 649 g/mol. The van der Waals surface area contributed by atoms with E-state index in [1.807, 2.05) is 0 Å². The molecule has 0 radical (unpaired) electrons. The van der Waals surface area contributed by atoms with E-state index in [9.17, 15) is 22.4 Å². The smallest absolute Gasteiger partial charge is 0.264 e. The van der Waals surface area contributed by atoms with Crippen LogP contribution in [0, 0.1) is 5.82 Å². The number of carbonyl (C=O) groups is 2. The maximum absolute atomic E-state index is 13.7. The van der Waals surface area contributed by atoms with Crippen LogP contribution >= 0.6 is 23.2 Å². The van der Waals surface area contributed by atoms with E-state index in [1.54, 1.807) is 6.07 Å². The van der Waals surface area contributed by atoms with Gasteiger partial charge in [-0.15, -0.1) is 0 Å². The van der Waals surface area contributed by atoms with Gasteiger partial charge in [0.2, 0.25) is 0 Å². The average molecular weight is 651 g/mol. The minimum atomic E-state index is -4.09. The Morgan fingerprint density at radius 1 is 1.00 bits per heavy atom. The van der Waals surface area contributed by atoms with Gasteiger partial charge in [-0.25, -0.2) is 12.8 Å². The molecule has 0 aromatic heterocycles. The van der Waals surface area contributed by atoms with Crippen LogP contribution in [0.5, 0.6) is 17.2 Å². The number of fused-ring (bicyclic) bond motifs is 1. The Balaban J connectivity index is 1.09. The van der Waals surface area contributed by atoms with Gasteiger partial charge in [-0.3, -0.25) is 13.9 Å². The molecule has 1 aliphatic heterocycles. The van der Waals surface area contributed by atoms with Gasteiger partial charge < -0.3 is 24.8 Å². The maximum atomic E-state index is 13.7. The van der Waals surface area contributed by atoms with E-state index in [0.29, 0.717) is 30.0 Å². The summed E-state index contributed by atoms with van der Waals surface area (Å²) in [5, 5.41) is 6.20. The summed E-state index contributed by atoms with van der Waals surface area (Å²) in [6.07, 6.45) is 0.369. The van der Waals surface area contributed by atoms with E-state index in [0.717, 1.165) is 10.4 Å². The Hall–Kier alpha value is -3.74. The fourth-order valence-electron chi connectivity index (χ4n) is 5.91. The van der Waals surface area contributed by atoms with Crippen LogP contribution < -0.4 is 29.1 Å². The number of benzene rings is 3. The minimum Gasteiger partial charge on any atom is -0.497 e. The third kappa shape index (κ3) is 5.54. The minimum absolute atomic E-state index is 0.0163. The molecule has 3 aromatic carbocycles. The summed E-state index contributed by atoms with van der Waals surface area (Å²) in [4.78, 5) is 25.9. The van der Waals surface area contributed by atoms with Gasteiger partial charge >= 0.3 is 0 Å². The van der Waals surface area contributed by atoms with Crippen LogP contribution in [0.4, 0.5) is 10.1 Å². The van der Waals surface area contributed by atoms with E-state index in [2.05, 4.69) is 10.6 Å². The third-order valence-electron chi connectivity index (χ3n) is 7.81. The molecule has 2 N–H and O–H groups in total. The predicted octanol–water partition coefficient (Wildman–Crippen LogP) is 4.08. The van der Waals surface area contributed by atoms with Crippen molar-refractivity contribution in [1.29, 1.82) is 0 Å². The molecule has 3 fully saturated rings. The molecule has 1 heterocycles. The van der Waals surface area contributed by atoms with Gasteiger partial charge in [0, 0.05) is 22.2 Å². The molecule has 3 aromatic rings. The lowest BCUT2D eigenvalue weighted by molar-refractivity contribution is -0.153. The normalized spacial score (nSPS) is 23.5. The number of rotatable bonds is 9. The highest BCUT2D eigenvalue weighted by atomic mass is 35.5. The first-order valence-corrected chi connectivity index (χ1v) is 15.4. The first-order valence-electron chi connectivity index (χ1n) is 13.2. The molecule has 0 spiro atoms. The van der Waals surface area contributed by atoms with Crippen LogP contribution in [0.2, 0.25) is 10.0 Å². The summed E-state index contributed by atoms with van der Waals surface area (Å²) < 4.78 is 58.5. The third-order valence-corrected chi connectivity index (χ3v) is 10.2. The number of ether oxygens (including phenoxy) is 3. The van der Waals surface area contributed by atoms with E-state index in [1.165, 1.54) is 55.6 Å². The predicted molar refractivity (Wildman–Crippen MR) is 156 cm³/mol. The lowest BCUT2D eigenvalue weighted by Gasteiger charge is -2.70. The Morgan fingerprint density at radius 3 is 2.35 bits per heavy atom. The molecule has 4 aliphatic rings. The first kappa shape index (κ1) is 29.3. The number of sulfonamides is 1. The number of nitrogens with zero attached hydrogens (tertiary/aromatic N) is 1. The quantitative estimate of drug-likeness (QED) is 0.358. The number of amides is 2. The van der Waals surface area contributed by atoms with Crippen LogP contribution in [0.15, 0.2) is 65.6 Å². The van der Waals surface area contributed by atoms with Gasteiger partial charge in [0.25, 0.3) is 21.8 Å². The van der Waals surface area contributed by atoms with Gasteiger partial charge in [0.05, 0.1) is 29.3 Å². The van der Waals surface area contributed by atoms with Gasteiger partial charge in [-0.2, -0.15) is 0 Å². The van der Waals surface area contributed by atoms with Crippen molar-refractivity contribution in [2.24, 2.45) is 0 Å². The van der Waals surface area contributed by atoms with Crippen LogP contribution in [0.1, 0.15) is 19.3 Å². The number of nitrogens with one attached hydrogen (secondary N) is 2. The summed E-state index contributed by atoms with van der Waals surface area (Å²) in [7, 11) is -2.61. The molecule has 1 atom stereocenters. The molecule has 10 nitrogen and oxygen atoms in total. The molecular formula is C29H26Cl2FN3O7S. The standard InChI is InChI=1S/C29H26Cl2FN3O7S/c1-40-18-3-6-20(7-4-18)43(38,39)35-12-25(42-24-9-2-17(30)10-23(24)35)27(37)34-29-14-28(15-29,16-29)33-26(36)13-41-19-5-8-21(31)22(32)11-19/h2-11,25H,12-16H2,1H3,(H,33,36)(H,34,37). The fourth-order valence-corrected chi connectivity index (χ4v) is 7.66. The SMILES string of the molecule is COc1ccc(S(=O)(=O)N2CC(C(=O)NC34CC(NC(=O)COc5ccc(Cl)c(F)c5)(C3)C4)Oc3ccc(Cl)cc32)cc1. The second-order valence-corrected chi connectivity index (χ2v) is 13.6. The Labute approximate surface area is 257 Å². The summed E-state index contributed by atoms with van der Waals surface area (Å²) in [5.41, 5.74) is -0.782. The molecule has 3 saturated carbocycles. The first-order chi connectivity index (χ1) is 20.4. The van der Waals surface area contributed by atoms with E-state index in [4.69, 9.17) is 37.4 Å². The number of halogens is 3. The largest absolute Gasteiger partial charge is 0.497 e. The topological polar surface area (TPSA) is 123 Å². The van der Waals surface area contributed by atoms with Crippen molar-refractivity contribution in [3.05, 3.63) is 76.5 Å². The molecule has 2 amide bonds. The van der Waals surface area contributed by atoms with E-state index >= 15 is 0 Å². The number of methoxy groups -OCH3 is 1. The molecular weight excluding hydrogens is 624 g/mol. The lowest BCUT2D eigenvalue weighted by Crippen LogP contribution is -2.84.